The third kappa shape index (κ3) is 2.57. The minimum atomic E-state index is -0.853. The number of carboxylic acids is 1. The second kappa shape index (κ2) is 4.73. The van der Waals surface area contributed by atoms with Crippen molar-refractivity contribution in [3.8, 4) is 0 Å². The third-order valence-electron chi connectivity index (χ3n) is 3.51. The number of carboxylic acid groups (broad SMARTS) is 1. The van der Waals surface area contributed by atoms with E-state index >= 15 is 0 Å². The van der Waals surface area contributed by atoms with Gasteiger partial charge in [0.2, 0.25) is 11.8 Å². The molecule has 3 atom stereocenters. The average molecular weight is 240 g/mol. The van der Waals surface area contributed by atoms with E-state index in [-0.39, 0.29) is 30.2 Å². The van der Waals surface area contributed by atoms with Gasteiger partial charge in [-0.25, -0.2) is 0 Å². The molecule has 0 aromatic rings. The van der Waals surface area contributed by atoms with Crippen LogP contribution in [-0.4, -0.2) is 35.5 Å². The number of hydrogen-bond donors (Lipinski definition) is 3. The molecule has 1 saturated heterocycles. The van der Waals surface area contributed by atoms with Crippen molar-refractivity contribution in [2.75, 3.05) is 6.54 Å². The summed E-state index contributed by atoms with van der Waals surface area (Å²) in [5.41, 5.74) is 0. The normalized spacial score (nSPS) is 32.2. The topological polar surface area (TPSA) is 95.5 Å². The summed E-state index contributed by atoms with van der Waals surface area (Å²) < 4.78 is 0. The molecule has 6 nitrogen and oxygen atoms in total. The standard InChI is InChI=1S/C11H16N2O4/c14-9-4-6(5-12-9)10(15)13-8-3-1-2-7(8)11(16)17/h6-8H,1-5H2,(H,12,14)(H,13,15)(H,16,17). The lowest BCUT2D eigenvalue weighted by atomic mass is 10.0. The Kier molecular flexibility index (Phi) is 3.31. The molecule has 94 valence electrons. The van der Waals surface area contributed by atoms with Crippen LogP contribution >= 0.6 is 0 Å². The Morgan fingerprint density at radius 2 is 2.12 bits per heavy atom. The van der Waals surface area contributed by atoms with Crippen LogP contribution in [0.1, 0.15) is 25.7 Å². The maximum Gasteiger partial charge on any atom is 0.308 e. The molecule has 0 aromatic carbocycles. The molecule has 0 spiro atoms. The first-order valence-corrected chi connectivity index (χ1v) is 5.88. The summed E-state index contributed by atoms with van der Waals surface area (Å²) in [5.74, 6) is -2.01. The lowest BCUT2D eigenvalue weighted by Crippen LogP contribution is -2.43. The van der Waals surface area contributed by atoms with Crippen molar-refractivity contribution in [2.24, 2.45) is 11.8 Å². The lowest BCUT2D eigenvalue weighted by molar-refractivity contribution is -0.142. The monoisotopic (exact) mass is 240 g/mol. The van der Waals surface area contributed by atoms with E-state index in [1.165, 1.54) is 0 Å². The fourth-order valence-electron chi connectivity index (χ4n) is 2.52. The fourth-order valence-corrected chi connectivity index (χ4v) is 2.52. The molecule has 1 aliphatic carbocycles. The van der Waals surface area contributed by atoms with Crippen LogP contribution in [-0.2, 0) is 14.4 Å². The van der Waals surface area contributed by atoms with Gasteiger partial charge in [0.05, 0.1) is 11.8 Å². The van der Waals surface area contributed by atoms with Crippen LogP contribution in [0.2, 0.25) is 0 Å². The van der Waals surface area contributed by atoms with Crippen LogP contribution in [0.15, 0.2) is 0 Å². The highest BCUT2D eigenvalue weighted by atomic mass is 16.4. The van der Waals surface area contributed by atoms with Crippen molar-refractivity contribution in [3.05, 3.63) is 0 Å². The van der Waals surface area contributed by atoms with Crippen molar-refractivity contribution in [3.63, 3.8) is 0 Å². The highest BCUT2D eigenvalue weighted by molar-refractivity contribution is 5.89. The summed E-state index contributed by atoms with van der Waals surface area (Å²) >= 11 is 0. The molecule has 0 aromatic heterocycles. The van der Waals surface area contributed by atoms with Crippen molar-refractivity contribution < 1.29 is 19.5 Å². The Balaban J connectivity index is 1.90. The molecule has 1 heterocycles. The zero-order valence-corrected chi connectivity index (χ0v) is 9.44. The molecule has 2 rings (SSSR count). The highest BCUT2D eigenvalue weighted by Gasteiger charge is 2.36. The second-order valence-corrected chi connectivity index (χ2v) is 4.70. The molecule has 0 radical (unpaired) electrons. The van der Waals surface area contributed by atoms with E-state index in [0.717, 1.165) is 6.42 Å². The first kappa shape index (κ1) is 11.9. The van der Waals surface area contributed by atoms with Gasteiger partial charge in [-0.3, -0.25) is 14.4 Å². The largest absolute Gasteiger partial charge is 0.481 e. The van der Waals surface area contributed by atoms with Crippen molar-refractivity contribution in [2.45, 2.75) is 31.7 Å². The van der Waals surface area contributed by atoms with Gasteiger partial charge in [-0.15, -0.1) is 0 Å². The van der Waals surface area contributed by atoms with Crippen molar-refractivity contribution >= 4 is 17.8 Å². The van der Waals surface area contributed by atoms with Gasteiger partial charge in [0.15, 0.2) is 0 Å². The van der Waals surface area contributed by atoms with Gasteiger partial charge in [-0.05, 0) is 12.8 Å². The van der Waals surface area contributed by atoms with E-state index in [4.69, 9.17) is 5.11 Å². The maximum absolute atomic E-state index is 11.8. The summed E-state index contributed by atoms with van der Waals surface area (Å²) in [7, 11) is 0. The van der Waals surface area contributed by atoms with E-state index in [2.05, 4.69) is 10.6 Å². The predicted molar refractivity (Wildman–Crippen MR) is 58.0 cm³/mol. The van der Waals surface area contributed by atoms with E-state index in [0.29, 0.717) is 19.4 Å². The van der Waals surface area contributed by atoms with E-state index in [1.807, 2.05) is 0 Å². The number of carbonyl (C=O) groups is 3. The first-order chi connectivity index (χ1) is 8.08. The van der Waals surface area contributed by atoms with Crippen molar-refractivity contribution in [1.29, 1.82) is 0 Å². The molecule has 3 N–H and O–H groups in total. The Bertz CT molecular complexity index is 355. The Hall–Kier alpha value is -1.59. The van der Waals surface area contributed by atoms with Gasteiger partial charge in [-0.2, -0.15) is 0 Å². The number of amides is 2. The molecule has 3 unspecified atom stereocenters. The van der Waals surface area contributed by atoms with Crippen LogP contribution in [0, 0.1) is 11.8 Å². The smallest absolute Gasteiger partial charge is 0.308 e. The molecule has 2 fully saturated rings. The van der Waals surface area contributed by atoms with Crippen LogP contribution in [0.5, 0.6) is 0 Å². The summed E-state index contributed by atoms with van der Waals surface area (Å²) in [6.07, 6.45) is 2.35. The molecule has 2 amide bonds. The van der Waals surface area contributed by atoms with Crippen molar-refractivity contribution in [1.82, 2.24) is 10.6 Å². The zero-order valence-electron chi connectivity index (χ0n) is 9.44. The molecule has 1 saturated carbocycles. The number of carbonyl (C=O) groups excluding carboxylic acids is 2. The second-order valence-electron chi connectivity index (χ2n) is 4.70. The quantitative estimate of drug-likeness (QED) is 0.619. The van der Waals surface area contributed by atoms with Crippen LogP contribution in [0.4, 0.5) is 0 Å². The average Bonchev–Trinajstić information content (AvgIpc) is 2.86. The van der Waals surface area contributed by atoms with E-state index in [9.17, 15) is 14.4 Å². The Morgan fingerprint density at radius 1 is 1.35 bits per heavy atom. The minimum Gasteiger partial charge on any atom is -0.481 e. The number of nitrogens with one attached hydrogen (secondary N) is 2. The summed E-state index contributed by atoms with van der Waals surface area (Å²) in [4.78, 5) is 33.8. The van der Waals surface area contributed by atoms with Crippen LogP contribution in [0.3, 0.4) is 0 Å². The molecule has 17 heavy (non-hydrogen) atoms. The van der Waals surface area contributed by atoms with E-state index < -0.39 is 11.9 Å². The third-order valence-corrected chi connectivity index (χ3v) is 3.51. The highest BCUT2D eigenvalue weighted by Crippen LogP contribution is 2.26. The van der Waals surface area contributed by atoms with Gasteiger partial charge < -0.3 is 15.7 Å². The zero-order chi connectivity index (χ0) is 12.4. The van der Waals surface area contributed by atoms with Gasteiger partial charge in [0.25, 0.3) is 0 Å². The van der Waals surface area contributed by atoms with E-state index in [1.54, 1.807) is 0 Å². The number of aliphatic carboxylic acids is 1. The molecule has 2 aliphatic rings. The van der Waals surface area contributed by atoms with Crippen LogP contribution < -0.4 is 10.6 Å². The summed E-state index contributed by atoms with van der Waals surface area (Å²) in [6.45, 7) is 0.356. The molecular formula is C11H16N2O4. The van der Waals surface area contributed by atoms with Gasteiger partial charge in [0.1, 0.15) is 0 Å². The molecule has 0 bridgehead atoms. The SMILES string of the molecule is O=C1CC(C(=O)NC2CCCC2C(=O)O)CN1. The van der Waals surface area contributed by atoms with Gasteiger partial charge in [-0.1, -0.05) is 6.42 Å². The first-order valence-electron chi connectivity index (χ1n) is 5.88. The Labute approximate surface area is 98.8 Å². The fraction of sp³-hybridized carbons (Fsp3) is 0.727. The Morgan fingerprint density at radius 3 is 2.71 bits per heavy atom. The number of rotatable bonds is 3. The number of hydrogen-bond acceptors (Lipinski definition) is 3. The maximum atomic E-state index is 11.8. The predicted octanol–water partition coefficient (Wildman–Crippen LogP) is -0.508. The van der Waals surface area contributed by atoms with Crippen LogP contribution in [0.25, 0.3) is 0 Å². The molecule has 6 heteroatoms. The molecule has 1 aliphatic heterocycles. The minimum absolute atomic E-state index is 0.119. The summed E-state index contributed by atoms with van der Waals surface area (Å²) in [5, 5.41) is 14.3. The van der Waals surface area contributed by atoms with Gasteiger partial charge in [0, 0.05) is 19.0 Å². The lowest BCUT2D eigenvalue weighted by Gasteiger charge is -2.19. The molecular weight excluding hydrogens is 224 g/mol. The van der Waals surface area contributed by atoms with Gasteiger partial charge >= 0.3 is 5.97 Å². The summed E-state index contributed by atoms with van der Waals surface area (Å²) in [6, 6.07) is -0.282.